The summed E-state index contributed by atoms with van der Waals surface area (Å²) in [5.74, 6) is 0. The Labute approximate surface area is 116 Å². The second-order valence-corrected chi connectivity index (χ2v) is 5.43. The predicted octanol–water partition coefficient (Wildman–Crippen LogP) is 3.04. The highest BCUT2D eigenvalue weighted by Gasteiger charge is 2.22. The summed E-state index contributed by atoms with van der Waals surface area (Å²) >= 11 is 5.30. The van der Waals surface area contributed by atoms with Crippen LogP contribution in [0.15, 0.2) is 15.9 Å². The molecule has 0 fully saturated rings. The molecular weight excluding hydrogens is 302 g/mol. The molecule has 0 aliphatic carbocycles. The van der Waals surface area contributed by atoms with Crippen LogP contribution in [0.3, 0.4) is 0 Å². The maximum absolute atomic E-state index is 5.63. The average molecular weight is 322 g/mol. The number of halogens is 1. The van der Waals surface area contributed by atoms with E-state index in [2.05, 4.69) is 32.7 Å². The van der Waals surface area contributed by atoms with Crippen LogP contribution in [-0.2, 0) is 15.9 Å². The van der Waals surface area contributed by atoms with Gasteiger partial charge in [-0.05, 0) is 48.3 Å². The largest absolute Gasteiger partial charge is 0.351 e. The maximum Gasteiger partial charge on any atom is 0.173 e. The fraction of sp³-hybridized carbons (Fsp3) is 0.667. The molecule has 0 spiro atoms. The van der Waals surface area contributed by atoms with Crippen molar-refractivity contribution in [3.63, 3.8) is 0 Å². The molecule has 1 atom stereocenters. The molecule has 0 radical (unpaired) electrons. The minimum absolute atomic E-state index is 0.171. The van der Waals surface area contributed by atoms with Gasteiger partial charge in [0, 0.05) is 29.0 Å². The summed E-state index contributed by atoms with van der Waals surface area (Å²) in [6.07, 6.45) is 0.711. The number of thiophene rings is 1. The molecule has 0 aliphatic rings. The minimum atomic E-state index is -0.191. The Balaban J connectivity index is 2.64. The summed E-state index contributed by atoms with van der Waals surface area (Å²) in [5.41, 5.74) is 0. The number of nitrogens with one attached hydrogen (secondary N) is 1. The smallest absolute Gasteiger partial charge is 0.173 e. The molecule has 0 saturated heterocycles. The van der Waals surface area contributed by atoms with E-state index in [1.54, 1.807) is 11.3 Å². The van der Waals surface area contributed by atoms with Crippen molar-refractivity contribution in [1.82, 2.24) is 5.32 Å². The third-order valence-electron chi connectivity index (χ3n) is 2.46. The summed E-state index contributed by atoms with van der Waals surface area (Å²) in [6.45, 7) is 5.29. The van der Waals surface area contributed by atoms with Gasteiger partial charge in [-0.1, -0.05) is 0 Å². The van der Waals surface area contributed by atoms with Crippen LogP contribution < -0.4 is 5.32 Å². The third kappa shape index (κ3) is 4.67. The molecule has 3 nitrogen and oxygen atoms in total. The molecule has 1 rings (SSSR count). The van der Waals surface area contributed by atoms with Crippen molar-refractivity contribution in [2.45, 2.75) is 32.6 Å². The number of ether oxygens (including phenoxy) is 2. The zero-order chi connectivity index (χ0) is 12.7. The van der Waals surface area contributed by atoms with Crippen molar-refractivity contribution in [3.05, 3.63) is 20.8 Å². The molecule has 98 valence electrons. The van der Waals surface area contributed by atoms with Crippen molar-refractivity contribution in [1.29, 1.82) is 0 Å². The zero-order valence-corrected chi connectivity index (χ0v) is 12.9. The minimum Gasteiger partial charge on any atom is -0.351 e. The number of hydrogen-bond donors (Lipinski definition) is 1. The lowest BCUT2D eigenvalue weighted by atomic mass is 10.1. The van der Waals surface area contributed by atoms with E-state index >= 15 is 0 Å². The van der Waals surface area contributed by atoms with Crippen molar-refractivity contribution in [3.8, 4) is 0 Å². The van der Waals surface area contributed by atoms with Crippen LogP contribution >= 0.6 is 27.3 Å². The van der Waals surface area contributed by atoms with Crippen molar-refractivity contribution >= 4 is 27.3 Å². The molecule has 0 aliphatic heterocycles. The number of likely N-dealkylation sites (N-methyl/N-ethyl adjacent to an activating group) is 1. The van der Waals surface area contributed by atoms with Crippen LogP contribution in [0.25, 0.3) is 0 Å². The monoisotopic (exact) mass is 321 g/mol. The van der Waals surface area contributed by atoms with Gasteiger partial charge in [-0.15, -0.1) is 11.3 Å². The van der Waals surface area contributed by atoms with Crippen LogP contribution in [0.5, 0.6) is 0 Å². The first-order chi connectivity index (χ1) is 8.22. The zero-order valence-electron chi connectivity index (χ0n) is 10.5. The van der Waals surface area contributed by atoms with Gasteiger partial charge in [0.05, 0.1) is 6.04 Å². The van der Waals surface area contributed by atoms with E-state index in [-0.39, 0.29) is 12.3 Å². The highest BCUT2D eigenvalue weighted by Crippen LogP contribution is 2.25. The Bertz CT molecular complexity index is 313. The van der Waals surface area contributed by atoms with Crippen molar-refractivity contribution < 1.29 is 9.47 Å². The normalized spacial score (nSPS) is 13.2. The van der Waals surface area contributed by atoms with Crippen LogP contribution in [0, 0.1) is 0 Å². The Kier molecular flexibility index (Phi) is 7.30. The predicted molar refractivity (Wildman–Crippen MR) is 75.6 cm³/mol. The summed E-state index contributed by atoms with van der Waals surface area (Å²) < 4.78 is 12.4. The van der Waals surface area contributed by atoms with Gasteiger partial charge in [0.1, 0.15) is 0 Å². The molecule has 5 heteroatoms. The van der Waals surface area contributed by atoms with Crippen LogP contribution in [0.4, 0.5) is 0 Å². The molecule has 1 heterocycles. The maximum atomic E-state index is 5.63. The van der Waals surface area contributed by atoms with E-state index in [0.717, 1.165) is 10.9 Å². The molecule has 1 aromatic rings. The third-order valence-corrected chi connectivity index (χ3v) is 4.41. The summed E-state index contributed by atoms with van der Waals surface area (Å²) in [4.78, 5) is 1.31. The first kappa shape index (κ1) is 15.1. The van der Waals surface area contributed by atoms with E-state index in [9.17, 15) is 0 Å². The van der Waals surface area contributed by atoms with Gasteiger partial charge in [-0.3, -0.25) is 0 Å². The fourth-order valence-electron chi connectivity index (χ4n) is 1.61. The highest BCUT2D eigenvalue weighted by molar-refractivity contribution is 9.10. The van der Waals surface area contributed by atoms with Gasteiger partial charge in [0.2, 0.25) is 0 Å². The molecule has 17 heavy (non-hydrogen) atoms. The van der Waals surface area contributed by atoms with Gasteiger partial charge >= 0.3 is 0 Å². The Hall–Kier alpha value is 0.0600. The standard InChI is InChI=1S/C12H20BrNO2S/c1-4-15-12(16-5-2)10(14-3)8-11-9(13)6-7-17-11/h6-7,10,12,14H,4-5,8H2,1-3H3. The lowest BCUT2D eigenvalue weighted by molar-refractivity contribution is -0.152. The van der Waals surface area contributed by atoms with Gasteiger partial charge in [-0.2, -0.15) is 0 Å². The Morgan fingerprint density at radius 2 is 2.00 bits per heavy atom. The molecule has 1 N–H and O–H groups in total. The lowest BCUT2D eigenvalue weighted by Crippen LogP contribution is -2.42. The first-order valence-electron chi connectivity index (χ1n) is 5.85. The van der Waals surface area contributed by atoms with E-state index in [1.807, 2.05) is 20.9 Å². The number of hydrogen-bond acceptors (Lipinski definition) is 4. The van der Waals surface area contributed by atoms with Gasteiger partial charge in [0.25, 0.3) is 0 Å². The lowest BCUT2D eigenvalue weighted by Gasteiger charge is -2.26. The Morgan fingerprint density at radius 3 is 2.41 bits per heavy atom. The molecular formula is C12H20BrNO2S. The Morgan fingerprint density at radius 1 is 1.35 bits per heavy atom. The van der Waals surface area contributed by atoms with Crippen LogP contribution in [-0.4, -0.2) is 32.6 Å². The quantitative estimate of drug-likeness (QED) is 0.746. The first-order valence-corrected chi connectivity index (χ1v) is 7.52. The number of rotatable bonds is 8. The molecule has 1 aromatic heterocycles. The van der Waals surface area contributed by atoms with Crippen molar-refractivity contribution in [2.24, 2.45) is 0 Å². The van der Waals surface area contributed by atoms with Crippen LogP contribution in [0.1, 0.15) is 18.7 Å². The van der Waals surface area contributed by atoms with E-state index in [0.29, 0.717) is 13.2 Å². The highest BCUT2D eigenvalue weighted by atomic mass is 79.9. The SMILES string of the molecule is CCOC(OCC)C(Cc1sccc1Br)NC. The topological polar surface area (TPSA) is 30.5 Å². The molecule has 1 unspecified atom stereocenters. The van der Waals surface area contributed by atoms with Gasteiger partial charge < -0.3 is 14.8 Å². The van der Waals surface area contributed by atoms with E-state index in [4.69, 9.17) is 9.47 Å². The molecule has 0 amide bonds. The van der Waals surface area contributed by atoms with E-state index < -0.39 is 0 Å². The summed E-state index contributed by atoms with van der Waals surface area (Å²) in [5, 5.41) is 5.36. The van der Waals surface area contributed by atoms with Crippen molar-refractivity contribution in [2.75, 3.05) is 20.3 Å². The van der Waals surface area contributed by atoms with Gasteiger partial charge in [-0.25, -0.2) is 0 Å². The summed E-state index contributed by atoms with van der Waals surface area (Å²) in [7, 11) is 1.94. The molecule has 0 bridgehead atoms. The molecule has 0 saturated carbocycles. The van der Waals surface area contributed by atoms with Gasteiger partial charge in [0.15, 0.2) is 6.29 Å². The summed E-state index contributed by atoms with van der Waals surface area (Å²) in [6, 6.07) is 2.24. The second kappa shape index (κ2) is 8.21. The second-order valence-electron chi connectivity index (χ2n) is 3.57. The van der Waals surface area contributed by atoms with E-state index in [1.165, 1.54) is 4.88 Å². The average Bonchev–Trinajstić information content (AvgIpc) is 2.71. The van der Waals surface area contributed by atoms with Crippen LogP contribution in [0.2, 0.25) is 0 Å². The molecule has 0 aromatic carbocycles. The fourth-order valence-corrected chi connectivity index (χ4v) is 3.19.